The average molecular weight is 210 g/mol. The van der Waals surface area contributed by atoms with Crippen molar-refractivity contribution in [2.45, 2.75) is 33.2 Å². The van der Waals surface area contributed by atoms with Crippen LogP contribution < -0.4 is 5.32 Å². The van der Waals surface area contributed by atoms with Gasteiger partial charge in [0.15, 0.2) is 0 Å². The van der Waals surface area contributed by atoms with Gasteiger partial charge in [-0.25, -0.2) is 4.98 Å². The van der Waals surface area contributed by atoms with Crippen LogP contribution in [0.25, 0.3) is 0 Å². The van der Waals surface area contributed by atoms with E-state index in [1.54, 1.807) is 11.3 Å². The van der Waals surface area contributed by atoms with Gasteiger partial charge in [-0.15, -0.1) is 11.3 Å². The van der Waals surface area contributed by atoms with Crippen LogP contribution in [0.4, 0.5) is 0 Å². The molecule has 2 rings (SSSR count). The molecule has 1 aliphatic rings. The highest BCUT2D eigenvalue weighted by molar-refractivity contribution is 7.11. The molecule has 0 amide bonds. The molecular formula is C11H18N2S. The van der Waals surface area contributed by atoms with E-state index in [0.29, 0.717) is 0 Å². The van der Waals surface area contributed by atoms with Crippen molar-refractivity contribution in [2.24, 2.45) is 11.8 Å². The third-order valence-corrected chi connectivity index (χ3v) is 3.77. The molecule has 1 fully saturated rings. The lowest BCUT2D eigenvalue weighted by molar-refractivity contribution is 0.462. The predicted octanol–water partition coefficient (Wildman–Crippen LogP) is 2.59. The van der Waals surface area contributed by atoms with E-state index in [9.17, 15) is 0 Å². The van der Waals surface area contributed by atoms with E-state index >= 15 is 0 Å². The van der Waals surface area contributed by atoms with Crippen molar-refractivity contribution < 1.29 is 0 Å². The molecule has 1 aliphatic carbocycles. The molecule has 0 bridgehead atoms. The lowest BCUT2D eigenvalue weighted by atomic mass is 10.1. The van der Waals surface area contributed by atoms with Crippen LogP contribution in [0.15, 0.2) is 6.20 Å². The Labute approximate surface area is 89.8 Å². The smallest absolute Gasteiger partial charge is 0.0897 e. The largest absolute Gasteiger partial charge is 0.312 e. The van der Waals surface area contributed by atoms with E-state index < -0.39 is 0 Å². The number of nitrogens with one attached hydrogen (secondary N) is 1. The second-order valence-electron chi connectivity index (χ2n) is 4.29. The molecule has 3 heteroatoms. The third kappa shape index (κ3) is 2.79. The summed E-state index contributed by atoms with van der Waals surface area (Å²) in [5, 5.41) is 4.67. The van der Waals surface area contributed by atoms with Crippen molar-refractivity contribution in [3.8, 4) is 0 Å². The molecule has 1 aromatic heterocycles. The van der Waals surface area contributed by atoms with E-state index in [0.717, 1.165) is 29.9 Å². The molecule has 1 unspecified atom stereocenters. The van der Waals surface area contributed by atoms with Crippen LogP contribution in [0.3, 0.4) is 0 Å². The average Bonchev–Trinajstić information content (AvgIpc) is 2.92. The molecule has 0 radical (unpaired) electrons. The van der Waals surface area contributed by atoms with Crippen LogP contribution in [-0.4, -0.2) is 11.5 Å². The van der Waals surface area contributed by atoms with E-state index in [1.165, 1.54) is 17.7 Å². The monoisotopic (exact) mass is 210 g/mol. The summed E-state index contributed by atoms with van der Waals surface area (Å²) in [4.78, 5) is 5.59. The summed E-state index contributed by atoms with van der Waals surface area (Å²) in [7, 11) is 0. The van der Waals surface area contributed by atoms with Crippen LogP contribution in [0.1, 0.15) is 29.7 Å². The van der Waals surface area contributed by atoms with Gasteiger partial charge in [0.2, 0.25) is 0 Å². The SMILES string of the molecule is Cc1ncc(CNCC(C)C2CC2)s1. The topological polar surface area (TPSA) is 24.9 Å². The van der Waals surface area contributed by atoms with Gasteiger partial charge in [-0.2, -0.15) is 0 Å². The summed E-state index contributed by atoms with van der Waals surface area (Å²) < 4.78 is 0. The van der Waals surface area contributed by atoms with Gasteiger partial charge >= 0.3 is 0 Å². The highest BCUT2D eigenvalue weighted by Crippen LogP contribution is 2.36. The summed E-state index contributed by atoms with van der Waals surface area (Å²) in [6.07, 6.45) is 4.87. The summed E-state index contributed by atoms with van der Waals surface area (Å²) in [5.41, 5.74) is 0. The number of hydrogen-bond acceptors (Lipinski definition) is 3. The van der Waals surface area contributed by atoms with Gasteiger partial charge in [0.1, 0.15) is 0 Å². The molecule has 78 valence electrons. The Morgan fingerprint density at radius 2 is 2.43 bits per heavy atom. The van der Waals surface area contributed by atoms with E-state index in [1.807, 2.05) is 6.20 Å². The van der Waals surface area contributed by atoms with Crippen LogP contribution in [0, 0.1) is 18.8 Å². The standard InChI is InChI=1S/C11H18N2S/c1-8(10-3-4-10)5-12-6-11-7-13-9(2)14-11/h7-8,10,12H,3-6H2,1-2H3. The lowest BCUT2D eigenvalue weighted by Crippen LogP contribution is -2.21. The maximum atomic E-state index is 4.24. The fourth-order valence-corrected chi connectivity index (χ4v) is 2.51. The Hall–Kier alpha value is -0.410. The lowest BCUT2D eigenvalue weighted by Gasteiger charge is -2.09. The molecule has 1 saturated carbocycles. The van der Waals surface area contributed by atoms with Gasteiger partial charge in [-0.1, -0.05) is 6.92 Å². The van der Waals surface area contributed by atoms with Crippen LogP contribution in [0.5, 0.6) is 0 Å². The van der Waals surface area contributed by atoms with Gasteiger partial charge in [0, 0.05) is 17.6 Å². The Balaban J connectivity index is 1.67. The number of thiazole rings is 1. The molecule has 1 N–H and O–H groups in total. The first-order valence-corrected chi connectivity index (χ1v) is 6.19. The number of hydrogen-bond donors (Lipinski definition) is 1. The normalized spacial score (nSPS) is 18.4. The minimum absolute atomic E-state index is 0.851. The minimum atomic E-state index is 0.851. The van der Waals surface area contributed by atoms with Crippen molar-refractivity contribution >= 4 is 11.3 Å². The molecule has 2 nitrogen and oxygen atoms in total. The fraction of sp³-hybridized carbons (Fsp3) is 0.727. The van der Waals surface area contributed by atoms with Crippen molar-refractivity contribution in [3.63, 3.8) is 0 Å². The van der Waals surface area contributed by atoms with E-state index in [-0.39, 0.29) is 0 Å². The molecule has 1 aromatic rings. The van der Waals surface area contributed by atoms with Crippen LogP contribution in [0.2, 0.25) is 0 Å². The Kier molecular flexibility index (Phi) is 3.19. The highest BCUT2D eigenvalue weighted by Gasteiger charge is 2.27. The van der Waals surface area contributed by atoms with Gasteiger partial charge in [0.25, 0.3) is 0 Å². The number of aryl methyl sites for hydroxylation is 1. The zero-order chi connectivity index (χ0) is 9.97. The Morgan fingerprint density at radius 1 is 1.64 bits per heavy atom. The molecule has 0 aliphatic heterocycles. The zero-order valence-corrected chi connectivity index (χ0v) is 9.73. The molecule has 1 atom stereocenters. The van der Waals surface area contributed by atoms with Gasteiger partial charge in [0.05, 0.1) is 5.01 Å². The van der Waals surface area contributed by atoms with Crippen molar-refractivity contribution in [2.75, 3.05) is 6.54 Å². The third-order valence-electron chi connectivity index (χ3n) is 2.86. The maximum absolute atomic E-state index is 4.24. The molecule has 1 heterocycles. The van der Waals surface area contributed by atoms with Crippen LogP contribution >= 0.6 is 11.3 Å². The first-order chi connectivity index (χ1) is 6.75. The quantitative estimate of drug-likeness (QED) is 0.808. The van der Waals surface area contributed by atoms with Gasteiger partial charge in [-0.3, -0.25) is 0 Å². The van der Waals surface area contributed by atoms with Gasteiger partial charge < -0.3 is 5.32 Å². The minimum Gasteiger partial charge on any atom is -0.312 e. The number of aromatic nitrogens is 1. The highest BCUT2D eigenvalue weighted by atomic mass is 32.1. The zero-order valence-electron chi connectivity index (χ0n) is 8.92. The number of rotatable bonds is 5. The fourth-order valence-electron chi connectivity index (χ4n) is 1.74. The molecular weight excluding hydrogens is 192 g/mol. The summed E-state index contributed by atoms with van der Waals surface area (Å²) >= 11 is 1.79. The van der Waals surface area contributed by atoms with E-state index in [2.05, 4.69) is 24.1 Å². The van der Waals surface area contributed by atoms with Crippen LogP contribution in [-0.2, 0) is 6.54 Å². The maximum Gasteiger partial charge on any atom is 0.0897 e. The van der Waals surface area contributed by atoms with E-state index in [4.69, 9.17) is 0 Å². The first kappa shape index (κ1) is 10.1. The molecule has 0 saturated heterocycles. The second kappa shape index (κ2) is 4.41. The molecule has 0 spiro atoms. The van der Waals surface area contributed by atoms with Crippen molar-refractivity contribution in [1.82, 2.24) is 10.3 Å². The number of nitrogens with zero attached hydrogens (tertiary/aromatic N) is 1. The first-order valence-electron chi connectivity index (χ1n) is 5.37. The Morgan fingerprint density at radius 3 is 3.00 bits per heavy atom. The second-order valence-corrected chi connectivity index (χ2v) is 5.61. The van der Waals surface area contributed by atoms with Gasteiger partial charge in [-0.05, 0) is 38.1 Å². The summed E-state index contributed by atoms with van der Waals surface area (Å²) in [6, 6.07) is 0. The molecule has 14 heavy (non-hydrogen) atoms. The Bertz CT molecular complexity index is 291. The van der Waals surface area contributed by atoms with Crippen molar-refractivity contribution in [3.05, 3.63) is 16.1 Å². The summed E-state index contributed by atoms with van der Waals surface area (Å²) in [6.45, 7) is 6.55. The van der Waals surface area contributed by atoms with Crippen molar-refractivity contribution in [1.29, 1.82) is 0 Å². The molecule has 0 aromatic carbocycles. The predicted molar refractivity (Wildman–Crippen MR) is 60.4 cm³/mol. The summed E-state index contributed by atoms with van der Waals surface area (Å²) in [5.74, 6) is 1.86.